The van der Waals surface area contributed by atoms with Gasteiger partial charge in [-0.3, -0.25) is 4.79 Å². The molecule has 6 heteroatoms. The second-order valence-electron chi connectivity index (χ2n) is 6.10. The van der Waals surface area contributed by atoms with Crippen molar-refractivity contribution in [3.63, 3.8) is 0 Å². The number of hydrogen-bond donors (Lipinski definition) is 2. The number of nitrogens with zero attached hydrogens (tertiary/aromatic N) is 2. The summed E-state index contributed by atoms with van der Waals surface area (Å²) in [5.41, 5.74) is 0.317. The highest BCUT2D eigenvalue weighted by Crippen LogP contribution is 2.25. The van der Waals surface area contributed by atoms with Gasteiger partial charge < -0.3 is 10.4 Å². The Morgan fingerprint density at radius 3 is 2.76 bits per heavy atom. The zero-order valence-corrected chi connectivity index (χ0v) is 13.9. The molecule has 0 unspecified atom stereocenters. The van der Waals surface area contributed by atoms with Crippen LogP contribution in [-0.4, -0.2) is 28.0 Å². The van der Waals surface area contributed by atoms with Crippen LogP contribution in [0.4, 0.5) is 5.69 Å². The molecular formula is C15H26ClN3O2. The average Bonchev–Trinajstić information content (AvgIpc) is 2.43. The highest BCUT2D eigenvalue weighted by molar-refractivity contribution is 6.32. The number of rotatable bonds is 9. The monoisotopic (exact) mass is 315 g/mol. The molecule has 1 heterocycles. The van der Waals surface area contributed by atoms with Gasteiger partial charge in [-0.1, -0.05) is 51.6 Å². The number of unbranched alkanes of at least 4 members (excludes halogenated alkanes) is 2. The Balaban J connectivity index is 2.67. The second-order valence-corrected chi connectivity index (χ2v) is 6.48. The zero-order chi connectivity index (χ0) is 15.9. The number of hydrogen-bond acceptors (Lipinski definition) is 4. The number of aromatic nitrogens is 2. The second kappa shape index (κ2) is 8.39. The maximum absolute atomic E-state index is 11.9. The summed E-state index contributed by atoms with van der Waals surface area (Å²) in [6, 6.07) is 0. The largest absolute Gasteiger partial charge is 0.394 e. The van der Waals surface area contributed by atoms with E-state index in [1.54, 1.807) is 6.20 Å². The first-order chi connectivity index (χ1) is 9.91. The van der Waals surface area contributed by atoms with E-state index in [4.69, 9.17) is 16.7 Å². The smallest absolute Gasteiger partial charge is 0.287 e. The van der Waals surface area contributed by atoms with Gasteiger partial charge in [0.2, 0.25) is 0 Å². The van der Waals surface area contributed by atoms with Crippen LogP contribution in [0.2, 0.25) is 5.02 Å². The molecule has 1 aromatic heterocycles. The highest BCUT2D eigenvalue weighted by Gasteiger charge is 2.18. The maximum Gasteiger partial charge on any atom is 0.287 e. The van der Waals surface area contributed by atoms with E-state index in [2.05, 4.69) is 31.2 Å². The molecule has 0 aromatic carbocycles. The van der Waals surface area contributed by atoms with Crippen LogP contribution in [0.5, 0.6) is 0 Å². The van der Waals surface area contributed by atoms with Crippen LogP contribution in [0.1, 0.15) is 46.5 Å². The Hall–Kier alpha value is -1.07. The van der Waals surface area contributed by atoms with Gasteiger partial charge in [0, 0.05) is 6.54 Å². The first-order valence-electron chi connectivity index (χ1n) is 7.51. The summed E-state index contributed by atoms with van der Waals surface area (Å²) in [5, 5.41) is 16.2. The number of aliphatic hydroxyl groups excluding tert-OH is 1. The molecular weight excluding hydrogens is 290 g/mol. The minimum absolute atomic E-state index is 0.128. The summed E-state index contributed by atoms with van der Waals surface area (Å²) in [6.07, 6.45) is 6.32. The summed E-state index contributed by atoms with van der Waals surface area (Å²) in [7, 11) is 0. The lowest BCUT2D eigenvalue weighted by molar-refractivity contribution is 0.266. The standard InChI is InChI=1S/C15H26ClN3O2/c1-4-5-6-7-15(2,3)11-17-12-10-18-19(8-9-20)14(21)13(12)16/h10,17,20H,4-9,11H2,1-3H3. The molecule has 5 nitrogen and oxygen atoms in total. The number of anilines is 1. The summed E-state index contributed by atoms with van der Waals surface area (Å²) in [6.45, 7) is 7.34. The van der Waals surface area contributed by atoms with Crippen LogP contribution in [0, 0.1) is 5.41 Å². The van der Waals surface area contributed by atoms with Gasteiger partial charge in [0.25, 0.3) is 5.56 Å². The van der Waals surface area contributed by atoms with E-state index >= 15 is 0 Å². The molecule has 0 radical (unpaired) electrons. The van der Waals surface area contributed by atoms with Gasteiger partial charge in [-0.05, 0) is 11.8 Å². The fourth-order valence-corrected chi connectivity index (χ4v) is 2.33. The number of halogens is 1. The Morgan fingerprint density at radius 2 is 2.14 bits per heavy atom. The summed E-state index contributed by atoms with van der Waals surface area (Å²) >= 11 is 6.07. The fourth-order valence-electron chi connectivity index (χ4n) is 2.12. The van der Waals surface area contributed by atoms with Crippen molar-refractivity contribution in [3.8, 4) is 0 Å². The minimum Gasteiger partial charge on any atom is -0.394 e. The summed E-state index contributed by atoms with van der Waals surface area (Å²) in [5.74, 6) is 0. The van der Waals surface area contributed by atoms with E-state index in [0.29, 0.717) is 5.69 Å². The molecule has 0 aliphatic rings. The average molecular weight is 316 g/mol. The van der Waals surface area contributed by atoms with E-state index in [1.807, 2.05) is 0 Å². The van der Waals surface area contributed by atoms with E-state index in [-0.39, 0.29) is 29.1 Å². The summed E-state index contributed by atoms with van der Waals surface area (Å²) in [4.78, 5) is 11.9. The van der Waals surface area contributed by atoms with Gasteiger partial charge in [0.1, 0.15) is 5.02 Å². The van der Waals surface area contributed by atoms with Crippen molar-refractivity contribution in [2.24, 2.45) is 5.41 Å². The van der Waals surface area contributed by atoms with Crippen LogP contribution >= 0.6 is 11.6 Å². The Morgan fingerprint density at radius 1 is 1.43 bits per heavy atom. The predicted octanol–water partition coefficient (Wildman–Crippen LogP) is 2.91. The van der Waals surface area contributed by atoms with Crippen LogP contribution in [-0.2, 0) is 6.54 Å². The molecule has 0 bridgehead atoms. The molecule has 0 spiro atoms. The van der Waals surface area contributed by atoms with Gasteiger partial charge in [0.05, 0.1) is 25.0 Å². The Bertz CT molecular complexity index is 500. The van der Waals surface area contributed by atoms with Crippen molar-refractivity contribution in [1.29, 1.82) is 0 Å². The molecule has 1 aromatic rings. The molecule has 0 saturated heterocycles. The maximum atomic E-state index is 11.9. The third-order valence-corrected chi connectivity index (χ3v) is 3.88. The SMILES string of the molecule is CCCCCC(C)(C)CNc1cnn(CCO)c(=O)c1Cl. The Labute approximate surface area is 131 Å². The van der Waals surface area contributed by atoms with Crippen molar-refractivity contribution in [1.82, 2.24) is 9.78 Å². The van der Waals surface area contributed by atoms with Crippen molar-refractivity contribution in [2.75, 3.05) is 18.5 Å². The molecule has 0 aliphatic heterocycles. The van der Waals surface area contributed by atoms with Crippen molar-refractivity contribution in [3.05, 3.63) is 21.6 Å². The number of aliphatic hydroxyl groups is 1. The molecule has 2 N–H and O–H groups in total. The lowest BCUT2D eigenvalue weighted by Crippen LogP contribution is -2.28. The van der Waals surface area contributed by atoms with Crippen LogP contribution < -0.4 is 10.9 Å². The van der Waals surface area contributed by atoms with Gasteiger partial charge >= 0.3 is 0 Å². The molecule has 0 amide bonds. The van der Waals surface area contributed by atoms with Gasteiger partial charge in [-0.2, -0.15) is 5.10 Å². The van der Waals surface area contributed by atoms with E-state index in [1.165, 1.54) is 23.9 Å². The third kappa shape index (κ3) is 5.67. The zero-order valence-electron chi connectivity index (χ0n) is 13.2. The summed E-state index contributed by atoms with van der Waals surface area (Å²) < 4.78 is 1.17. The molecule has 0 atom stereocenters. The molecule has 0 saturated carbocycles. The van der Waals surface area contributed by atoms with Gasteiger partial charge in [-0.25, -0.2) is 4.68 Å². The van der Waals surface area contributed by atoms with Gasteiger partial charge in [-0.15, -0.1) is 0 Å². The number of nitrogens with one attached hydrogen (secondary N) is 1. The van der Waals surface area contributed by atoms with E-state index in [9.17, 15) is 4.79 Å². The topological polar surface area (TPSA) is 67.2 Å². The highest BCUT2D eigenvalue weighted by atomic mass is 35.5. The molecule has 0 aliphatic carbocycles. The first-order valence-corrected chi connectivity index (χ1v) is 7.89. The van der Waals surface area contributed by atoms with Crippen molar-refractivity contribution < 1.29 is 5.11 Å². The minimum atomic E-state index is -0.375. The van der Waals surface area contributed by atoms with E-state index in [0.717, 1.165) is 13.0 Å². The van der Waals surface area contributed by atoms with Crippen LogP contribution in [0.25, 0.3) is 0 Å². The molecule has 0 fully saturated rings. The molecule has 1 rings (SSSR count). The lowest BCUT2D eigenvalue weighted by atomic mass is 9.87. The Kier molecular flexibility index (Phi) is 7.18. The fraction of sp³-hybridized carbons (Fsp3) is 0.733. The van der Waals surface area contributed by atoms with Gasteiger partial charge in [0.15, 0.2) is 0 Å². The normalized spacial score (nSPS) is 11.7. The van der Waals surface area contributed by atoms with Crippen LogP contribution in [0.15, 0.2) is 11.0 Å². The predicted molar refractivity (Wildman–Crippen MR) is 87.0 cm³/mol. The molecule has 120 valence electrons. The van der Waals surface area contributed by atoms with Crippen molar-refractivity contribution in [2.45, 2.75) is 53.0 Å². The van der Waals surface area contributed by atoms with E-state index < -0.39 is 0 Å². The van der Waals surface area contributed by atoms with Crippen LogP contribution in [0.3, 0.4) is 0 Å². The first kappa shape index (κ1) is 18.0. The molecule has 21 heavy (non-hydrogen) atoms. The third-order valence-electron chi connectivity index (χ3n) is 3.51. The quantitative estimate of drug-likeness (QED) is 0.688. The van der Waals surface area contributed by atoms with Crippen molar-refractivity contribution >= 4 is 17.3 Å². The lowest BCUT2D eigenvalue weighted by Gasteiger charge is -2.25.